The van der Waals surface area contributed by atoms with Crippen LogP contribution in [0.1, 0.15) is 6.92 Å². The number of allylic oxidation sites excluding steroid dienone is 1. The number of carbonyl (C=O) groups is 1. The van der Waals surface area contributed by atoms with Crippen molar-refractivity contribution in [3.63, 3.8) is 0 Å². The van der Waals surface area contributed by atoms with E-state index < -0.39 is 0 Å². The van der Waals surface area contributed by atoms with E-state index in [0.717, 1.165) is 0 Å². The van der Waals surface area contributed by atoms with Crippen LogP contribution in [0.25, 0.3) is 0 Å². The monoisotopic (exact) mass is 124 g/mol. The summed E-state index contributed by atoms with van der Waals surface area (Å²) in [4.78, 5) is 10.6. The van der Waals surface area contributed by atoms with Crippen LogP contribution in [0.4, 0.5) is 0 Å². The SMILES string of the molecule is CC(=O)C1=CCNN=C1. The predicted octanol–water partition coefficient (Wildman–Crippen LogP) is 0.0908. The fraction of sp³-hybridized carbons (Fsp3) is 0.333. The fourth-order valence-electron chi connectivity index (χ4n) is 0.611. The van der Waals surface area contributed by atoms with Gasteiger partial charge in [0.1, 0.15) is 0 Å². The summed E-state index contributed by atoms with van der Waals surface area (Å²) in [5, 5.41) is 3.72. The Bertz CT molecular complexity index is 181. The molecule has 0 radical (unpaired) electrons. The van der Waals surface area contributed by atoms with Gasteiger partial charge in [0.25, 0.3) is 0 Å². The third-order valence-electron chi connectivity index (χ3n) is 1.11. The Balaban J connectivity index is 2.69. The molecule has 0 amide bonds. The van der Waals surface area contributed by atoms with E-state index in [0.29, 0.717) is 12.1 Å². The van der Waals surface area contributed by atoms with Gasteiger partial charge >= 0.3 is 0 Å². The molecule has 0 saturated heterocycles. The van der Waals surface area contributed by atoms with Crippen molar-refractivity contribution in [2.24, 2.45) is 5.10 Å². The highest BCUT2D eigenvalue weighted by Gasteiger charge is 2.00. The number of nitrogens with zero attached hydrogens (tertiary/aromatic N) is 1. The third-order valence-corrected chi connectivity index (χ3v) is 1.11. The zero-order chi connectivity index (χ0) is 6.69. The van der Waals surface area contributed by atoms with Gasteiger partial charge in [0.05, 0.1) is 12.8 Å². The van der Waals surface area contributed by atoms with Crippen molar-refractivity contribution in [2.45, 2.75) is 6.92 Å². The standard InChI is InChI=1S/C6H8N2O/c1-5(9)6-2-3-7-8-4-6/h2,4,7H,3H2,1H3. The van der Waals surface area contributed by atoms with E-state index in [1.165, 1.54) is 13.1 Å². The van der Waals surface area contributed by atoms with Crippen molar-refractivity contribution < 1.29 is 4.79 Å². The van der Waals surface area contributed by atoms with Gasteiger partial charge in [-0.2, -0.15) is 5.10 Å². The Morgan fingerprint density at radius 2 is 2.67 bits per heavy atom. The molecule has 1 rings (SSSR count). The van der Waals surface area contributed by atoms with Crippen molar-refractivity contribution in [1.29, 1.82) is 0 Å². The van der Waals surface area contributed by atoms with Crippen molar-refractivity contribution in [3.05, 3.63) is 11.6 Å². The van der Waals surface area contributed by atoms with Crippen LogP contribution in [0.15, 0.2) is 16.8 Å². The predicted molar refractivity (Wildman–Crippen MR) is 35.3 cm³/mol. The van der Waals surface area contributed by atoms with Gasteiger partial charge in [-0.05, 0) is 6.92 Å². The second-order valence-corrected chi connectivity index (χ2v) is 1.84. The Morgan fingerprint density at radius 3 is 3.00 bits per heavy atom. The van der Waals surface area contributed by atoms with Gasteiger partial charge < -0.3 is 5.43 Å². The molecule has 1 aliphatic rings. The molecule has 1 heterocycles. The molecule has 0 atom stereocenters. The maximum absolute atomic E-state index is 10.6. The smallest absolute Gasteiger partial charge is 0.161 e. The molecule has 3 heteroatoms. The highest BCUT2D eigenvalue weighted by atomic mass is 16.1. The molecule has 3 nitrogen and oxygen atoms in total. The first kappa shape index (κ1) is 6.01. The topological polar surface area (TPSA) is 41.5 Å². The van der Waals surface area contributed by atoms with E-state index in [9.17, 15) is 4.79 Å². The minimum Gasteiger partial charge on any atom is -0.306 e. The lowest BCUT2D eigenvalue weighted by molar-refractivity contribution is -0.113. The maximum atomic E-state index is 10.6. The van der Waals surface area contributed by atoms with Crippen LogP contribution in [-0.2, 0) is 4.79 Å². The van der Waals surface area contributed by atoms with Crippen LogP contribution in [-0.4, -0.2) is 18.5 Å². The van der Waals surface area contributed by atoms with Crippen LogP contribution in [0.3, 0.4) is 0 Å². The van der Waals surface area contributed by atoms with Gasteiger partial charge in [-0.25, -0.2) is 0 Å². The summed E-state index contributed by atoms with van der Waals surface area (Å²) >= 11 is 0. The van der Waals surface area contributed by atoms with E-state index in [-0.39, 0.29) is 5.78 Å². The summed E-state index contributed by atoms with van der Waals surface area (Å²) in [5.74, 6) is 0.0697. The number of carbonyl (C=O) groups excluding carboxylic acids is 1. The van der Waals surface area contributed by atoms with Crippen LogP contribution in [0.2, 0.25) is 0 Å². The third kappa shape index (κ3) is 1.38. The zero-order valence-electron chi connectivity index (χ0n) is 5.22. The van der Waals surface area contributed by atoms with Crippen LogP contribution < -0.4 is 5.43 Å². The molecule has 0 fully saturated rings. The average molecular weight is 124 g/mol. The first-order valence-corrected chi connectivity index (χ1v) is 2.78. The van der Waals surface area contributed by atoms with E-state index in [4.69, 9.17) is 0 Å². The molecule has 0 unspecified atom stereocenters. The van der Waals surface area contributed by atoms with Crippen LogP contribution in [0, 0.1) is 0 Å². The molecule has 48 valence electrons. The first-order valence-electron chi connectivity index (χ1n) is 2.78. The molecule has 1 N–H and O–H groups in total. The number of Topliss-reactive ketones (excluding diaryl/α,β-unsaturated/α-hetero) is 1. The summed E-state index contributed by atoms with van der Waals surface area (Å²) in [6, 6.07) is 0. The first-order chi connectivity index (χ1) is 4.30. The Kier molecular flexibility index (Phi) is 1.63. The second kappa shape index (κ2) is 2.44. The summed E-state index contributed by atoms with van der Waals surface area (Å²) in [6.07, 6.45) is 3.35. The van der Waals surface area contributed by atoms with Crippen molar-refractivity contribution in [3.8, 4) is 0 Å². The summed E-state index contributed by atoms with van der Waals surface area (Å²) in [5.41, 5.74) is 3.40. The van der Waals surface area contributed by atoms with Gasteiger partial charge in [-0.15, -0.1) is 0 Å². The number of ketones is 1. The molecule has 9 heavy (non-hydrogen) atoms. The van der Waals surface area contributed by atoms with Crippen molar-refractivity contribution in [1.82, 2.24) is 5.43 Å². The molecular weight excluding hydrogens is 116 g/mol. The Hall–Kier alpha value is -1.12. The molecule has 0 aromatic heterocycles. The largest absolute Gasteiger partial charge is 0.306 e. The highest BCUT2D eigenvalue weighted by Crippen LogP contribution is 1.93. The van der Waals surface area contributed by atoms with Crippen LogP contribution in [0.5, 0.6) is 0 Å². The number of nitrogens with one attached hydrogen (secondary N) is 1. The second-order valence-electron chi connectivity index (χ2n) is 1.84. The Labute approximate surface area is 53.4 Å². The van der Waals surface area contributed by atoms with E-state index >= 15 is 0 Å². The quantitative estimate of drug-likeness (QED) is 0.538. The lowest BCUT2D eigenvalue weighted by atomic mass is 10.2. The summed E-state index contributed by atoms with van der Waals surface area (Å²) < 4.78 is 0. The summed E-state index contributed by atoms with van der Waals surface area (Å²) in [6.45, 7) is 2.19. The summed E-state index contributed by atoms with van der Waals surface area (Å²) in [7, 11) is 0. The number of rotatable bonds is 1. The lowest BCUT2D eigenvalue weighted by Crippen LogP contribution is -2.14. The van der Waals surface area contributed by atoms with E-state index in [1.54, 1.807) is 0 Å². The van der Waals surface area contributed by atoms with Gasteiger partial charge in [-0.3, -0.25) is 4.79 Å². The minimum absolute atomic E-state index is 0.0697. The van der Waals surface area contributed by atoms with Crippen LogP contribution >= 0.6 is 0 Å². The van der Waals surface area contributed by atoms with Crippen molar-refractivity contribution >= 4 is 12.0 Å². The fourth-order valence-corrected chi connectivity index (χ4v) is 0.611. The highest BCUT2D eigenvalue weighted by molar-refractivity contribution is 6.12. The maximum Gasteiger partial charge on any atom is 0.161 e. The number of hydrazone groups is 1. The minimum atomic E-state index is 0.0697. The zero-order valence-corrected chi connectivity index (χ0v) is 5.22. The lowest BCUT2D eigenvalue weighted by Gasteiger charge is -2.02. The van der Waals surface area contributed by atoms with Crippen molar-refractivity contribution in [2.75, 3.05) is 6.54 Å². The molecule has 0 aromatic rings. The molecule has 0 spiro atoms. The van der Waals surface area contributed by atoms with E-state index in [1.807, 2.05) is 6.08 Å². The molecule has 0 saturated carbocycles. The van der Waals surface area contributed by atoms with E-state index in [2.05, 4.69) is 10.5 Å². The number of hydrogen-bond donors (Lipinski definition) is 1. The molecule has 0 aromatic carbocycles. The Morgan fingerprint density at radius 1 is 1.89 bits per heavy atom. The van der Waals surface area contributed by atoms with Gasteiger partial charge in [0.2, 0.25) is 0 Å². The normalized spacial score (nSPS) is 16.3. The number of hydrogen-bond acceptors (Lipinski definition) is 3. The molecule has 0 bridgehead atoms. The molecular formula is C6H8N2O. The van der Waals surface area contributed by atoms with Gasteiger partial charge in [0.15, 0.2) is 5.78 Å². The van der Waals surface area contributed by atoms with Gasteiger partial charge in [0, 0.05) is 5.57 Å². The molecule has 1 aliphatic heterocycles. The average Bonchev–Trinajstić information content (AvgIpc) is 1.90. The van der Waals surface area contributed by atoms with Gasteiger partial charge in [-0.1, -0.05) is 6.08 Å². The molecule has 0 aliphatic carbocycles.